The van der Waals surface area contributed by atoms with Crippen LogP contribution in [0.15, 0.2) is 18.3 Å². The summed E-state index contributed by atoms with van der Waals surface area (Å²) in [5.41, 5.74) is 2.60. The van der Waals surface area contributed by atoms with E-state index >= 15 is 0 Å². The average molecular weight is 259 g/mol. The van der Waals surface area contributed by atoms with Gasteiger partial charge in [-0.1, -0.05) is 26.8 Å². The first-order chi connectivity index (χ1) is 8.88. The Labute approximate surface area is 116 Å². The number of aryl methyl sites for hydroxylation is 1. The van der Waals surface area contributed by atoms with Crippen molar-refractivity contribution in [1.29, 1.82) is 0 Å². The first kappa shape index (κ1) is 14.2. The van der Waals surface area contributed by atoms with Crippen LogP contribution in [0, 0.1) is 24.2 Å². The molecule has 1 saturated carbocycles. The SMILES string of the molecule is Cc1cccnc1CC1CC(C(C)(C)C)CCC1=O. The van der Waals surface area contributed by atoms with Crippen LogP contribution >= 0.6 is 0 Å². The van der Waals surface area contributed by atoms with Gasteiger partial charge in [-0.3, -0.25) is 9.78 Å². The molecule has 2 rings (SSSR count). The van der Waals surface area contributed by atoms with E-state index < -0.39 is 0 Å². The Morgan fingerprint density at radius 2 is 2.11 bits per heavy atom. The van der Waals surface area contributed by atoms with Gasteiger partial charge in [-0.05, 0) is 49.1 Å². The first-order valence-corrected chi connectivity index (χ1v) is 7.31. The van der Waals surface area contributed by atoms with Crippen LogP contribution in [0.2, 0.25) is 0 Å². The molecule has 0 bridgehead atoms. The van der Waals surface area contributed by atoms with Gasteiger partial charge in [0.2, 0.25) is 0 Å². The van der Waals surface area contributed by atoms with Crippen molar-refractivity contribution in [2.75, 3.05) is 0 Å². The Bertz CT molecular complexity index is 459. The van der Waals surface area contributed by atoms with E-state index in [-0.39, 0.29) is 5.92 Å². The summed E-state index contributed by atoms with van der Waals surface area (Å²) in [4.78, 5) is 16.6. The minimum Gasteiger partial charge on any atom is -0.299 e. The van der Waals surface area contributed by atoms with Gasteiger partial charge in [0.15, 0.2) is 0 Å². The highest BCUT2D eigenvalue weighted by molar-refractivity contribution is 5.82. The third kappa shape index (κ3) is 3.43. The lowest BCUT2D eigenvalue weighted by Gasteiger charge is -2.37. The number of nitrogens with zero attached hydrogens (tertiary/aromatic N) is 1. The van der Waals surface area contributed by atoms with Gasteiger partial charge in [-0.2, -0.15) is 0 Å². The molecule has 0 radical (unpaired) electrons. The van der Waals surface area contributed by atoms with E-state index in [1.807, 2.05) is 12.3 Å². The number of Topliss-reactive ketones (excluding diaryl/α,β-unsaturated/α-hetero) is 1. The second-order valence-corrected chi connectivity index (χ2v) is 6.97. The van der Waals surface area contributed by atoms with Gasteiger partial charge in [0.05, 0.1) is 0 Å². The van der Waals surface area contributed by atoms with Crippen LogP contribution < -0.4 is 0 Å². The van der Waals surface area contributed by atoms with Crippen molar-refractivity contribution in [3.8, 4) is 0 Å². The maximum absolute atomic E-state index is 12.2. The highest BCUT2D eigenvalue weighted by atomic mass is 16.1. The Morgan fingerprint density at radius 1 is 1.37 bits per heavy atom. The molecule has 1 aromatic rings. The van der Waals surface area contributed by atoms with Crippen LogP contribution in [0.4, 0.5) is 0 Å². The topological polar surface area (TPSA) is 30.0 Å². The van der Waals surface area contributed by atoms with Crippen LogP contribution in [0.1, 0.15) is 51.3 Å². The van der Waals surface area contributed by atoms with Crippen molar-refractivity contribution in [2.24, 2.45) is 17.3 Å². The lowest BCUT2D eigenvalue weighted by Crippen LogP contribution is -2.33. The van der Waals surface area contributed by atoms with Crippen molar-refractivity contribution in [2.45, 2.75) is 53.4 Å². The highest BCUT2D eigenvalue weighted by Gasteiger charge is 2.35. The number of aromatic nitrogens is 1. The molecule has 2 atom stereocenters. The van der Waals surface area contributed by atoms with Crippen molar-refractivity contribution < 1.29 is 4.79 Å². The van der Waals surface area contributed by atoms with Gasteiger partial charge in [0, 0.05) is 24.2 Å². The van der Waals surface area contributed by atoms with Gasteiger partial charge in [-0.25, -0.2) is 0 Å². The summed E-state index contributed by atoms with van der Waals surface area (Å²) in [7, 11) is 0. The second-order valence-electron chi connectivity index (χ2n) is 6.97. The van der Waals surface area contributed by atoms with Crippen molar-refractivity contribution >= 4 is 5.78 Å². The molecule has 1 aliphatic carbocycles. The smallest absolute Gasteiger partial charge is 0.136 e. The quantitative estimate of drug-likeness (QED) is 0.804. The predicted octanol–water partition coefficient (Wildman–Crippen LogP) is 3.96. The highest BCUT2D eigenvalue weighted by Crippen LogP contribution is 2.39. The molecule has 0 spiro atoms. The lowest BCUT2D eigenvalue weighted by molar-refractivity contribution is -0.126. The molecule has 104 valence electrons. The van der Waals surface area contributed by atoms with Crippen molar-refractivity contribution in [3.63, 3.8) is 0 Å². The summed E-state index contributed by atoms with van der Waals surface area (Å²) < 4.78 is 0. The van der Waals surface area contributed by atoms with E-state index in [1.165, 1.54) is 5.56 Å². The number of ketones is 1. The molecule has 2 nitrogen and oxygen atoms in total. The summed E-state index contributed by atoms with van der Waals surface area (Å²) in [6, 6.07) is 4.04. The molecule has 0 saturated heterocycles. The third-order valence-corrected chi connectivity index (χ3v) is 4.55. The maximum atomic E-state index is 12.2. The fourth-order valence-electron chi connectivity index (χ4n) is 3.06. The molecule has 1 aliphatic rings. The van der Waals surface area contributed by atoms with Crippen LogP contribution in [-0.4, -0.2) is 10.8 Å². The molecular weight excluding hydrogens is 234 g/mol. The third-order valence-electron chi connectivity index (χ3n) is 4.55. The van der Waals surface area contributed by atoms with E-state index in [2.05, 4.69) is 38.7 Å². The number of carbonyl (C=O) groups excluding carboxylic acids is 1. The monoisotopic (exact) mass is 259 g/mol. The molecule has 1 fully saturated rings. The second kappa shape index (κ2) is 5.44. The zero-order chi connectivity index (χ0) is 14.0. The van der Waals surface area contributed by atoms with Crippen LogP contribution in [0.3, 0.4) is 0 Å². The normalized spacial score (nSPS) is 24.5. The molecule has 0 amide bonds. The molecule has 0 aliphatic heterocycles. The standard InChI is InChI=1S/C17H25NO/c1-12-6-5-9-18-15(12)11-13-10-14(17(2,3)4)7-8-16(13)19/h5-6,9,13-14H,7-8,10-11H2,1-4H3. The number of hydrogen-bond acceptors (Lipinski definition) is 2. The molecule has 1 aromatic heterocycles. The molecule has 19 heavy (non-hydrogen) atoms. The van der Waals surface area contributed by atoms with Gasteiger partial charge in [-0.15, -0.1) is 0 Å². The Morgan fingerprint density at radius 3 is 2.74 bits per heavy atom. The Kier molecular flexibility index (Phi) is 4.07. The molecule has 2 unspecified atom stereocenters. The molecule has 0 aromatic carbocycles. The van der Waals surface area contributed by atoms with Gasteiger partial charge in [0.1, 0.15) is 5.78 Å². The fraction of sp³-hybridized carbons (Fsp3) is 0.647. The van der Waals surface area contributed by atoms with Crippen LogP contribution in [0.5, 0.6) is 0 Å². The average Bonchev–Trinajstić information content (AvgIpc) is 2.33. The molecular formula is C17H25NO. The minimum absolute atomic E-state index is 0.173. The van der Waals surface area contributed by atoms with E-state index in [4.69, 9.17) is 0 Å². The first-order valence-electron chi connectivity index (χ1n) is 7.31. The number of hydrogen-bond donors (Lipinski definition) is 0. The molecule has 1 heterocycles. The number of rotatable bonds is 2. The van der Waals surface area contributed by atoms with Crippen molar-refractivity contribution in [1.82, 2.24) is 4.98 Å². The maximum Gasteiger partial charge on any atom is 0.136 e. The Hall–Kier alpha value is -1.18. The van der Waals surface area contributed by atoms with Crippen LogP contribution in [-0.2, 0) is 11.2 Å². The zero-order valence-electron chi connectivity index (χ0n) is 12.6. The Balaban J connectivity index is 2.10. The number of pyridine rings is 1. The fourth-order valence-corrected chi connectivity index (χ4v) is 3.06. The van der Waals surface area contributed by atoms with Gasteiger partial charge < -0.3 is 0 Å². The lowest BCUT2D eigenvalue weighted by atomic mass is 9.68. The van der Waals surface area contributed by atoms with E-state index in [0.29, 0.717) is 17.1 Å². The number of carbonyl (C=O) groups is 1. The summed E-state index contributed by atoms with van der Waals surface area (Å²) >= 11 is 0. The summed E-state index contributed by atoms with van der Waals surface area (Å²) in [5.74, 6) is 1.26. The van der Waals surface area contributed by atoms with Gasteiger partial charge >= 0.3 is 0 Å². The van der Waals surface area contributed by atoms with Gasteiger partial charge in [0.25, 0.3) is 0 Å². The molecule has 2 heteroatoms. The molecule has 0 N–H and O–H groups in total. The van der Waals surface area contributed by atoms with E-state index in [1.54, 1.807) is 0 Å². The van der Waals surface area contributed by atoms with Crippen molar-refractivity contribution in [3.05, 3.63) is 29.6 Å². The summed E-state index contributed by atoms with van der Waals surface area (Å²) in [6.07, 6.45) is 5.48. The minimum atomic E-state index is 0.173. The van der Waals surface area contributed by atoms with Crippen LogP contribution in [0.25, 0.3) is 0 Å². The largest absolute Gasteiger partial charge is 0.299 e. The van der Waals surface area contributed by atoms with E-state index in [0.717, 1.165) is 31.4 Å². The summed E-state index contributed by atoms with van der Waals surface area (Å²) in [5, 5.41) is 0. The predicted molar refractivity (Wildman–Crippen MR) is 78.0 cm³/mol. The van der Waals surface area contributed by atoms with E-state index in [9.17, 15) is 4.79 Å². The summed E-state index contributed by atoms with van der Waals surface area (Å²) in [6.45, 7) is 8.94. The zero-order valence-corrected chi connectivity index (χ0v) is 12.6.